The second-order valence-corrected chi connectivity index (χ2v) is 5.00. The predicted molar refractivity (Wildman–Crippen MR) is 84.2 cm³/mol. The zero-order chi connectivity index (χ0) is 14.5. The molecule has 0 saturated carbocycles. The monoisotopic (exact) mass is 270 g/mol. The Balaban J connectivity index is 2.27. The Morgan fingerprint density at radius 3 is 2.55 bits per heavy atom. The first-order valence-corrected chi connectivity index (χ1v) is 6.78. The Morgan fingerprint density at radius 1 is 1.10 bits per heavy atom. The van der Waals surface area contributed by atoms with Crippen molar-refractivity contribution in [3.05, 3.63) is 59.2 Å². The molecule has 2 aromatic carbocycles. The van der Waals surface area contributed by atoms with Crippen molar-refractivity contribution in [2.24, 2.45) is 5.73 Å². The fraction of sp³-hybridized carbons (Fsp3) is 0.294. The molecule has 0 aromatic heterocycles. The maximum Gasteiger partial charge on any atom is 0.123 e. The molecule has 2 N–H and O–H groups in total. The number of nitrogens with two attached hydrogens (primary N) is 1. The molecule has 0 heterocycles. The second kappa shape index (κ2) is 6.44. The van der Waals surface area contributed by atoms with E-state index < -0.39 is 0 Å². The van der Waals surface area contributed by atoms with E-state index in [1.54, 1.807) is 7.11 Å². The molecule has 20 heavy (non-hydrogen) atoms. The van der Waals surface area contributed by atoms with Crippen LogP contribution < -0.4 is 15.4 Å². The zero-order valence-electron chi connectivity index (χ0n) is 12.4. The van der Waals surface area contributed by atoms with Crippen LogP contribution in [0.25, 0.3) is 0 Å². The van der Waals surface area contributed by atoms with Crippen LogP contribution in [0.2, 0.25) is 0 Å². The maximum atomic E-state index is 5.81. The highest BCUT2D eigenvalue weighted by Crippen LogP contribution is 2.25. The van der Waals surface area contributed by atoms with E-state index in [1.807, 2.05) is 18.2 Å². The molecule has 0 spiro atoms. The van der Waals surface area contributed by atoms with Crippen molar-refractivity contribution in [2.75, 3.05) is 19.1 Å². The summed E-state index contributed by atoms with van der Waals surface area (Å²) in [6, 6.07) is 14.5. The molecule has 0 radical (unpaired) electrons. The highest BCUT2D eigenvalue weighted by atomic mass is 16.5. The van der Waals surface area contributed by atoms with Gasteiger partial charge in [-0.25, -0.2) is 0 Å². The molecule has 0 unspecified atom stereocenters. The number of anilines is 1. The van der Waals surface area contributed by atoms with Gasteiger partial charge < -0.3 is 15.4 Å². The molecule has 0 amide bonds. The summed E-state index contributed by atoms with van der Waals surface area (Å²) in [4.78, 5) is 2.21. The molecule has 2 aromatic rings. The lowest BCUT2D eigenvalue weighted by molar-refractivity contribution is 0.409. The van der Waals surface area contributed by atoms with Gasteiger partial charge in [-0.05, 0) is 24.6 Å². The van der Waals surface area contributed by atoms with E-state index in [0.717, 1.165) is 17.9 Å². The van der Waals surface area contributed by atoms with Crippen molar-refractivity contribution in [2.45, 2.75) is 20.0 Å². The van der Waals surface area contributed by atoms with Gasteiger partial charge in [-0.3, -0.25) is 0 Å². The van der Waals surface area contributed by atoms with Gasteiger partial charge in [0, 0.05) is 31.4 Å². The SMILES string of the molecule is COc1ccc(C)cc1CN(C)c1ccccc1CN. The van der Waals surface area contributed by atoms with Crippen LogP contribution in [0.15, 0.2) is 42.5 Å². The average Bonchev–Trinajstić information content (AvgIpc) is 2.47. The van der Waals surface area contributed by atoms with Crippen molar-refractivity contribution in [3.8, 4) is 5.75 Å². The van der Waals surface area contributed by atoms with E-state index in [1.165, 1.54) is 16.8 Å². The zero-order valence-corrected chi connectivity index (χ0v) is 12.4. The lowest BCUT2D eigenvalue weighted by Gasteiger charge is -2.23. The first-order valence-electron chi connectivity index (χ1n) is 6.78. The standard InChI is InChI=1S/C17H22N2O/c1-13-8-9-17(20-3)15(10-13)12-19(2)16-7-5-4-6-14(16)11-18/h4-10H,11-12,18H2,1-3H3. The average molecular weight is 270 g/mol. The number of para-hydroxylation sites is 1. The molecule has 0 aliphatic rings. The van der Waals surface area contributed by atoms with Gasteiger partial charge in [-0.1, -0.05) is 35.9 Å². The van der Waals surface area contributed by atoms with E-state index in [-0.39, 0.29) is 0 Å². The Morgan fingerprint density at radius 2 is 1.85 bits per heavy atom. The minimum atomic E-state index is 0.547. The maximum absolute atomic E-state index is 5.81. The van der Waals surface area contributed by atoms with Gasteiger partial charge in [-0.2, -0.15) is 0 Å². The van der Waals surface area contributed by atoms with Gasteiger partial charge in [0.05, 0.1) is 7.11 Å². The number of rotatable bonds is 5. The molecule has 3 nitrogen and oxygen atoms in total. The summed E-state index contributed by atoms with van der Waals surface area (Å²) in [6.45, 7) is 3.43. The van der Waals surface area contributed by atoms with Crippen molar-refractivity contribution < 1.29 is 4.74 Å². The van der Waals surface area contributed by atoms with Crippen molar-refractivity contribution in [1.29, 1.82) is 0 Å². The third-order valence-corrected chi connectivity index (χ3v) is 3.47. The predicted octanol–water partition coefficient (Wildman–Crippen LogP) is 3.10. The molecule has 0 aliphatic heterocycles. The molecule has 0 bridgehead atoms. The minimum absolute atomic E-state index is 0.547. The molecular formula is C17H22N2O. The van der Waals surface area contributed by atoms with Gasteiger partial charge in [0.15, 0.2) is 0 Å². The summed E-state index contributed by atoms with van der Waals surface area (Å²) in [5.41, 5.74) is 10.5. The molecule has 106 valence electrons. The molecule has 3 heteroatoms. The number of aryl methyl sites for hydroxylation is 1. The van der Waals surface area contributed by atoms with Gasteiger partial charge in [0.25, 0.3) is 0 Å². The molecular weight excluding hydrogens is 248 g/mol. The van der Waals surface area contributed by atoms with Crippen LogP contribution in [0.5, 0.6) is 5.75 Å². The van der Waals surface area contributed by atoms with Crippen molar-refractivity contribution >= 4 is 5.69 Å². The summed E-state index contributed by atoms with van der Waals surface area (Å²) in [7, 11) is 3.79. The van der Waals surface area contributed by atoms with Gasteiger partial charge in [0.1, 0.15) is 5.75 Å². The Bertz CT molecular complexity index is 581. The number of hydrogen-bond donors (Lipinski definition) is 1. The summed E-state index contributed by atoms with van der Waals surface area (Å²) in [6.07, 6.45) is 0. The van der Waals surface area contributed by atoms with E-state index in [4.69, 9.17) is 10.5 Å². The van der Waals surface area contributed by atoms with Crippen LogP contribution in [0.3, 0.4) is 0 Å². The number of ether oxygens (including phenoxy) is 1. The second-order valence-electron chi connectivity index (χ2n) is 5.00. The summed E-state index contributed by atoms with van der Waals surface area (Å²) in [5, 5.41) is 0. The van der Waals surface area contributed by atoms with Crippen LogP contribution in [0, 0.1) is 6.92 Å². The van der Waals surface area contributed by atoms with Crippen LogP contribution in [-0.4, -0.2) is 14.2 Å². The highest BCUT2D eigenvalue weighted by molar-refractivity contribution is 5.54. The van der Waals surface area contributed by atoms with Gasteiger partial charge in [-0.15, -0.1) is 0 Å². The molecule has 2 rings (SSSR count). The normalized spacial score (nSPS) is 10.4. The lowest BCUT2D eigenvalue weighted by Crippen LogP contribution is -2.19. The van der Waals surface area contributed by atoms with Gasteiger partial charge >= 0.3 is 0 Å². The van der Waals surface area contributed by atoms with Crippen LogP contribution in [-0.2, 0) is 13.1 Å². The van der Waals surface area contributed by atoms with Crippen LogP contribution in [0.1, 0.15) is 16.7 Å². The Kier molecular flexibility index (Phi) is 4.64. The first kappa shape index (κ1) is 14.4. The minimum Gasteiger partial charge on any atom is -0.496 e. The lowest BCUT2D eigenvalue weighted by atomic mass is 10.1. The van der Waals surface area contributed by atoms with Crippen molar-refractivity contribution in [1.82, 2.24) is 0 Å². The largest absolute Gasteiger partial charge is 0.496 e. The number of hydrogen-bond acceptors (Lipinski definition) is 3. The quantitative estimate of drug-likeness (QED) is 0.907. The highest BCUT2D eigenvalue weighted by Gasteiger charge is 2.10. The van der Waals surface area contributed by atoms with Crippen LogP contribution >= 0.6 is 0 Å². The Hall–Kier alpha value is -2.00. The molecule has 0 atom stereocenters. The third-order valence-electron chi connectivity index (χ3n) is 3.47. The summed E-state index contributed by atoms with van der Waals surface area (Å²) < 4.78 is 5.44. The van der Waals surface area contributed by atoms with Crippen LogP contribution in [0.4, 0.5) is 5.69 Å². The Labute approximate surface area is 121 Å². The summed E-state index contributed by atoms with van der Waals surface area (Å²) in [5.74, 6) is 0.924. The topological polar surface area (TPSA) is 38.5 Å². The van der Waals surface area contributed by atoms with E-state index in [0.29, 0.717) is 6.54 Å². The third kappa shape index (κ3) is 3.11. The molecule has 0 aliphatic carbocycles. The first-order chi connectivity index (χ1) is 9.65. The van der Waals surface area contributed by atoms with E-state index in [2.05, 4.69) is 43.1 Å². The number of nitrogens with zero attached hydrogens (tertiary/aromatic N) is 1. The molecule has 0 fully saturated rings. The van der Waals surface area contributed by atoms with E-state index >= 15 is 0 Å². The van der Waals surface area contributed by atoms with E-state index in [9.17, 15) is 0 Å². The fourth-order valence-electron chi connectivity index (χ4n) is 2.43. The molecule has 0 saturated heterocycles. The fourth-order valence-corrected chi connectivity index (χ4v) is 2.43. The summed E-state index contributed by atoms with van der Waals surface area (Å²) >= 11 is 0. The van der Waals surface area contributed by atoms with Gasteiger partial charge in [0.2, 0.25) is 0 Å². The van der Waals surface area contributed by atoms with Crippen molar-refractivity contribution in [3.63, 3.8) is 0 Å². The number of benzene rings is 2. The smallest absolute Gasteiger partial charge is 0.123 e. The number of methoxy groups -OCH3 is 1.